The fourth-order valence-corrected chi connectivity index (χ4v) is 3.58. The average Bonchev–Trinajstić information content (AvgIpc) is 3.06. The Kier molecular flexibility index (Phi) is 5.84. The molecule has 0 aliphatic rings. The Morgan fingerprint density at radius 3 is 2.52 bits per heavy atom. The van der Waals surface area contributed by atoms with Crippen LogP contribution in [-0.4, -0.2) is 26.6 Å². The maximum absolute atomic E-state index is 13.2. The highest BCUT2D eigenvalue weighted by Crippen LogP contribution is 2.18. The van der Waals surface area contributed by atoms with Crippen molar-refractivity contribution in [1.29, 1.82) is 0 Å². The summed E-state index contributed by atoms with van der Waals surface area (Å²) in [5, 5.41) is 2.97. The molecule has 0 saturated heterocycles. The van der Waals surface area contributed by atoms with Crippen molar-refractivity contribution in [3.8, 4) is 11.4 Å². The van der Waals surface area contributed by atoms with Crippen LogP contribution in [0.1, 0.15) is 25.5 Å². The second-order valence-corrected chi connectivity index (χ2v) is 7.18. The van der Waals surface area contributed by atoms with Crippen LogP contribution in [-0.2, 0) is 11.3 Å². The van der Waals surface area contributed by atoms with Gasteiger partial charge in [0, 0.05) is 6.20 Å². The second-order valence-electron chi connectivity index (χ2n) is 7.18. The summed E-state index contributed by atoms with van der Waals surface area (Å²) in [6.45, 7) is 4.35. The number of amides is 1. The van der Waals surface area contributed by atoms with Crippen LogP contribution in [0.4, 0.5) is 0 Å². The molecule has 31 heavy (non-hydrogen) atoms. The van der Waals surface area contributed by atoms with Crippen molar-refractivity contribution in [3.05, 3.63) is 89.0 Å². The van der Waals surface area contributed by atoms with Crippen molar-refractivity contribution in [2.45, 2.75) is 26.4 Å². The van der Waals surface area contributed by atoms with E-state index in [1.807, 2.05) is 68.4 Å². The molecule has 0 aliphatic heterocycles. The Morgan fingerprint density at radius 2 is 1.81 bits per heavy atom. The normalized spacial score (nSPS) is 11.9. The van der Waals surface area contributed by atoms with Gasteiger partial charge in [0.15, 0.2) is 5.65 Å². The predicted molar refractivity (Wildman–Crippen MR) is 119 cm³/mol. The fourth-order valence-electron chi connectivity index (χ4n) is 3.58. The first-order chi connectivity index (χ1) is 15.1. The smallest absolute Gasteiger partial charge is 0.335 e. The van der Waals surface area contributed by atoms with Gasteiger partial charge >= 0.3 is 5.69 Å². The highest BCUT2D eigenvalue weighted by molar-refractivity contribution is 5.80. The summed E-state index contributed by atoms with van der Waals surface area (Å²) in [7, 11) is 0. The minimum atomic E-state index is -0.302. The van der Waals surface area contributed by atoms with Gasteiger partial charge in [-0.3, -0.25) is 9.36 Å². The molecule has 1 amide bonds. The first kappa shape index (κ1) is 20.4. The van der Waals surface area contributed by atoms with Gasteiger partial charge in [0.05, 0.1) is 23.9 Å². The van der Waals surface area contributed by atoms with Gasteiger partial charge in [-0.2, -0.15) is 0 Å². The first-order valence-corrected chi connectivity index (χ1v) is 10.2. The molecule has 4 rings (SSSR count). The molecule has 158 valence electrons. The van der Waals surface area contributed by atoms with E-state index in [2.05, 4.69) is 10.3 Å². The number of fused-ring (bicyclic) bond motifs is 1. The van der Waals surface area contributed by atoms with Crippen LogP contribution in [0.5, 0.6) is 5.75 Å². The van der Waals surface area contributed by atoms with E-state index in [0.29, 0.717) is 23.5 Å². The summed E-state index contributed by atoms with van der Waals surface area (Å²) in [4.78, 5) is 30.3. The maximum atomic E-state index is 13.2. The molecule has 2 heterocycles. The Morgan fingerprint density at radius 1 is 1.06 bits per heavy atom. The van der Waals surface area contributed by atoms with Crippen molar-refractivity contribution in [2.24, 2.45) is 0 Å². The van der Waals surface area contributed by atoms with Gasteiger partial charge in [-0.25, -0.2) is 14.3 Å². The minimum Gasteiger partial charge on any atom is -0.494 e. The summed E-state index contributed by atoms with van der Waals surface area (Å²) in [5.41, 5.74) is 2.49. The highest BCUT2D eigenvalue weighted by Gasteiger charge is 2.18. The molecule has 1 unspecified atom stereocenters. The number of hydrogen-bond acceptors (Lipinski definition) is 4. The number of para-hydroxylation sites is 1. The van der Waals surface area contributed by atoms with Crippen LogP contribution in [0.3, 0.4) is 0 Å². The van der Waals surface area contributed by atoms with E-state index < -0.39 is 0 Å². The third kappa shape index (κ3) is 4.21. The Hall–Kier alpha value is -3.87. The highest BCUT2D eigenvalue weighted by atomic mass is 16.5. The Bertz CT molecular complexity index is 1240. The SMILES string of the molecule is CCOc1ccc(C(C)NC(=O)Cn2c(=O)n(-c3ccccc3)c3ncccc32)cc1. The lowest BCUT2D eigenvalue weighted by Gasteiger charge is -2.15. The summed E-state index contributed by atoms with van der Waals surface area (Å²) >= 11 is 0. The quantitative estimate of drug-likeness (QED) is 0.500. The number of carbonyl (C=O) groups excluding carboxylic acids is 1. The van der Waals surface area contributed by atoms with E-state index in [-0.39, 0.29) is 24.2 Å². The molecule has 1 N–H and O–H groups in total. The molecule has 0 bridgehead atoms. The lowest BCUT2D eigenvalue weighted by atomic mass is 10.1. The zero-order chi connectivity index (χ0) is 21.8. The van der Waals surface area contributed by atoms with Crippen molar-refractivity contribution in [2.75, 3.05) is 6.61 Å². The molecule has 2 aromatic carbocycles. The third-order valence-electron chi connectivity index (χ3n) is 5.08. The number of carbonyl (C=O) groups is 1. The molecule has 4 aromatic rings. The molecule has 7 heteroatoms. The van der Waals surface area contributed by atoms with E-state index in [4.69, 9.17) is 4.74 Å². The van der Waals surface area contributed by atoms with Crippen molar-refractivity contribution in [1.82, 2.24) is 19.4 Å². The second kappa shape index (κ2) is 8.87. The molecule has 0 radical (unpaired) electrons. The molecule has 0 spiro atoms. The number of nitrogens with zero attached hydrogens (tertiary/aromatic N) is 3. The van der Waals surface area contributed by atoms with Crippen LogP contribution in [0.15, 0.2) is 77.7 Å². The van der Waals surface area contributed by atoms with E-state index >= 15 is 0 Å². The molecule has 7 nitrogen and oxygen atoms in total. The summed E-state index contributed by atoms with van der Waals surface area (Å²) in [5.74, 6) is 0.539. The van der Waals surface area contributed by atoms with E-state index in [0.717, 1.165) is 11.3 Å². The van der Waals surface area contributed by atoms with Gasteiger partial charge in [-0.15, -0.1) is 0 Å². The lowest BCUT2D eigenvalue weighted by Crippen LogP contribution is -2.34. The topological polar surface area (TPSA) is 78.1 Å². The first-order valence-electron chi connectivity index (χ1n) is 10.2. The Labute approximate surface area is 179 Å². The molecule has 0 fully saturated rings. The minimum absolute atomic E-state index is 0.0950. The molecule has 0 saturated carbocycles. The van der Waals surface area contributed by atoms with Crippen LogP contribution in [0.25, 0.3) is 16.9 Å². The monoisotopic (exact) mass is 416 g/mol. The third-order valence-corrected chi connectivity index (χ3v) is 5.08. The maximum Gasteiger partial charge on any atom is 0.335 e. The van der Waals surface area contributed by atoms with Crippen molar-refractivity contribution < 1.29 is 9.53 Å². The number of rotatable bonds is 7. The lowest BCUT2D eigenvalue weighted by molar-refractivity contribution is -0.122. The predicted octanol–water partition coefficient (Wildman–Crippen LogP) is 3.46. The van der Waals surface area contributed by atoms with E-state index in [1.54, 1.807) is 18.3 Å². The molecule has 0 aliphatic carbocycles. The van der Waals surface area contributed by atoms with Crippen LogP contribution in [0.2, 0.25) is 0 Å². The number of aromatic nitrogens is 3. The van der Waals surface area contributed by atoms with Crippen LogP contribution < -0.4 is 15.7 Å². The number of nitrogens with one attached hydrogen (secondary N) is 1. The van der Waals surface area contributed by atoms with Gasteiger partial charge in [0.2, 0.25) is 5.91 Å². The zero-order valence-corrected chi connectivity index (χ0v) is 17.5. The molecular weight excluding hydrogens is 392 g/mol. The number of hydrogen-bond donors (Lipinski definition) is 1. The van der Waals surface area contributed by atoms with Gasteiger partial charge in [0.1, 0.15) is 12.3 Å². The fraction of sp³-hybridized carbons (Fsp3) is 0.208. The summed E-state index contributed by atoms with van der Waals surface area (Å²) in [6, 6.07) is 20.2. The van der Waals surface area contributed by atoms with E-state index in [9.17, 15) is 9.59 Å². The van der Waals surface area contributed by atoms with Crippen molar-refractivity contribution >= 4 is 17.1 Å². The Balaban J connectivity index is 1.58. The van der Waals surface area contributed by atoms with E-state index in [1.165, 1.54) is 9.13 Å². The van der Waals surface area contributed by atoms with Crippen molar-refractivity contribution in [3.63, 3.8) is 0 Å². The summed E-state index contributed by atoms with van der Waals surface area (Å²) in [6.07, 6.45) is 1.64. The number of benzene rings is 2. The number of ether oxygens (including phenoxy) is 1. The molecule has 2 aromatic heterocycles. The zero-order valence-electron chi connectivity index (χ0n) is 17.5. The van der Waals surface area contributed by atoms with Gasteiger partial charge in [0.25, 0.3) is 0 Å². The van der Waals surface area contributed by atoms with Crippen LogP contribution >= 0.6 is 0 Å². The van der Waals surface area contributed by atoms with Gasteiger partial charge < -0.3 is 10.1 Å². The average molecular weight is 416 g/mol. The van der Waals surface area contributed by atoms with Crippen LogP contribution in [0, 0.1) is 0 Å². The largest absolute Gasteiger partial charge is 0.494 e. The molecule has 1 atom stereocenters. The summed E-state index contributed by atoms with van der Waals surface area (Å²) < 4.78 is 8.44. The molecular formula is C24H24N4O3. The standard InChI is InChI=1S/C24H24N4O3/c1-3-31-20-13-11-18(12-14-20)17(2)26-22(29)16-27-21-10-7-15-25-23(21)28(24(27)30)19-8-5-4-6-9-19/h4-15,17H,3,16H2,1-2H3,(H,26,29). The van der Waals surface area contributed by atoms with Gasteiger partial charge in [-0.05, 0) is 55.8 Å². The number of pyridine rings is 1. The number of imidazole rings is 1. The van der Waals surface area contributed by atoms with Gasteiger partial charge in [-0.1, -0.05) is 30.3 Å².